The molecule has 0 fully saturated rings. The van der Waals surface area contributed by atoms with Gasteiger partial charge >= 0.3 is 12.1 Å². The van der Waals surface area contributed by atoms with Gasteiger partial charge in [0.2, 0.25) is 5.91 Å². The summed E-state index contributed by atoms with van der Waals surface area (Å²) in [6.07, 6.45) is 1.53. The first kappa shape index (κ1) is 26.3. The maximum atomic E-state index is 12.2. The van der Waals surface area contributed by atoms with Crippen LogP contribution >= 0.6 is 0 Å². The number of hydrogen-bond donors (Lipinski definition) is 3. The Morgan fingerprint density at radius 1 is 0.943 bits per heavy atom. The lowest BCUT2D eigenvalue weighted by molar-refractivity contribution is -0.142. The molecule has 0 spiro atoms. The standard InChI is InChI=1S/C28H36N2O5/c1-28(2,3)16-19(26(32)33)17-30-25(31)14-8-9-15-29-27(34)35-18-24-22-12-6-4-10-20(22)21-11-5-7-13-23(21)24/h4-7,10-13,19,24H,8-9,14-18H2,1-3H3,(H,29,34)(H,30,31)(H,32,33). The molecule has 35 heavy (non-hydrogen) atoms. The second-order valence-electron chi connectivity index (χ2n) is 10.3. The van der Waals surface area contributed by atoms with Crippen molar-refractivity contribution in [1.82, 2.24) is 10.6 Å². The minimum Gasteiger partial charge on any atom is -0.481 e. The van der Waals surface area contributed by atoms with Crippen molar-refractivity contribution < 1.29 is 24.2 Å². The molecule has 3 N–H and O–H groups in total. The fourth-order valence-electron chi connectivity index (χ4n) is 4.56. The van der Waals surface area contributed by atoms with Crippen LogP contribution in [0.25, 0.3) is 11.1 Å². The van der Waals surface area contributed by atoms with Gasteiger partial charge in [-0.3, -0.25) is 9.59 Å². The summed E-state index contributed by atoms with van der Waals surface area (Å²) in [5.74, 6) is -1.65. The minimum atomic E-state index is -0.896. The highest BCUT2D eigenvalue weighted by atomic mass is 16.5. The number of aliphatic carboxylic acids is 1. The Labute approximate surface area is 207 Å². The Morgan fingerprint density at radius 3 is 2.11 bits per heavy atom. The fraction of sp³-hybridized carbons (Fsp3) is 0.464. The van der Waals surface area contributed by atoms with Gasteiger partial charge < -0.3 is 20.5 Å². The smallest absolute Gasteiger partial charge is 0.407 e. The number of carbonyl (C=O) groups is 3. The van der Waals surface area contributed by atoms with Crippen molar-refractivity contribution in [2.24, 2.45) is 11.3 Å². The molecule has 0 aliphatic heterocycles. The van der Waals surface area contributed by atoms with Gasteiger partial charge in [0.05, 0.1) is 5.92 Å². The number of carbonyl (C=O) groups excluding carboxylic acids is 2. The van der Waals surface area contributed by atoms with Crippen molar-refractivity contribution in [2.75, 3.05) is 19.7 Å². The van der Waals surface area contributed by atoms with Crippen LogP contribution in [-0.2, 0) is 14.3 Å². The summed E-state index contributed by atoms with van der Waals surface area (Å²) in [5.41, 5.74) is 4.57. The largest absolute Gasteiger partial charge is 0.481 e. The molecule has 2 aromatic rings. The maximum absolute atomic E-state index is 12.2. The molecule has 1 aliphatic carbocycles. The van der Waals surface area contributed by atoms with Gasteiger partial charge in [0.25, 0.3) is 0 Å². The lowest BCUT2D eigenvalue weighted by atomic mass is 9.84. The summed E-state index contributed by atoms with van der Waals surface area (Å²) in [4.78, 5) is 35.7. The highest BCUT2D eigenvalue weighted by Gasteiger charge is 2.29. The predicted octanol–water partition coefficient (Wildman–Crippen LogP) is 4.95. The summed E-state index contributed by atoms with van der Waals surface area (Å²) in [6.45, 7) is 6.74. The Hall–Kier alpha value is -3.35. The van der Waals surface area contributed by atoms with E-state index in [0.29, 0.717) is 25.8 Å². The van der Waals surface area contributed by atoms with E-state index >= 15 is 0 Å². The molecule has 0 aromatic heterocycles. The molecule has 3 rings (SSSR count). The molecule has 1 atom stereocenters. The van der Waals surface area contributed by atoms with Gasteiger partial charge in [-0.1, -0.05) is 69.3 Å². The van der Waals surface area contributed by atoms with E-state index in [0.717, 1.165) is 0 Å². The number of nitrogens with one attached hydrogen (secondary N) is 2. The second-order valence-corrected chi connectivity index (χ2v) is 10.3. The van der Waals surface area contributed by atoms with Crippen LogP contribution in [0.15, 0.2) is 48.5 Å². The van der Waals surface area contributed by atoms with Gasteiger partial charge in [-0.05, 0) is 46.9 Å². The molecular formula is C28H36N2O5. The summed E-state index contributed by atoms with van der Waals surface area (Å²) in [6, 6.07) is 16.4. The molecule has 0 saturated carbocycles. The van der Waals surface area contributed by atoms with Gasteiger partial charge in [-0.15, -0.1) is 0 Å². The van der Waals surface area contributed by atoms with E-state index in [1.807, 2.05) is 45.0 Å². The quantitative estimate of drug-likeness (QED) is 0.395. The third-order valence-corrected chi connectivity index (χ3v) is 6.20. The fourth-order valence-corrected chi connectivity index (χ4v) is 4.56. The summed E-state index contributed by atoms with van der Waals surface area (Å²) < 4.78 is 5.51. The van der Waals surface area contributed by atoms with Gasteiger partial charge in [-0.2, -0.15) is 0 Å². The molecule has 0 radical (unpaired) electrons. The van der Waals surface area contributed by atoms with Crippen molar-refractivity contribution in [1.29, 1.82) is 0 Å². The normalized spacial score (nSPS) is 13.5. The molecule has 1 unspecified atom stereocenters. The van der Waals surface area contributed by atoms with Crippen molar-refractivity contribution >= 4 is 18.0 Å². The van der Waals surface area contributed by atoms with Crippen LogP contribution in [0.3, 0.4) is 0 Å². The number of fused-ring (bicyclic) bond motifs is 3. The highest BCUT2D eigenvalue weighted by Crippen LogP contribution is 2.44. The Kier molecular flexibility index (Phi) is 8.90. The van der Waals surface area contributed by atoms with Crippen molar-refractivity contribution in [2.45, 2.75) is 52.4 Å². The van der Waals surface area contributed by atoms with E-state index in [1.165, 1.54) is 22.3 Å². The zero-order valence-electron chi connectivity index (χ0n) is 20.8. The van der Waals surface area contributed by atoms with Gasteiger partial charge in [-0.25, -0.2) is 4.79 Å². The molecule has 0 saturated heterocycles. The maximum Gasteiger partial charge on any atom is 0.407 e. The van der Waals surface area contributed by atoms with Crippen LogP contribution < -0.4 is 10.6 Å². The van der Waals surface area contributed by atoms with Gasteiger partial charge in [0.15, 0.2) is 0 Å². The topological polar surface area (TPSA) is 105 Å². The molecule has 0 bridgehead atoms. The number of rotatable bonds is 11. The number of carboxylic acid groups (broad SMARTS) is 1. The Balaban J connectivity index is 1.34. The van der Waals surface area contributed by atoms with E-state index in [9.17, 15) is 19.5 Å². The van der Waals surface area contributed by atoms with Crippen LogP contribution in [0.1, 0.15) is 63.5 Å². The Morgan fingerprint density at radius 2 is 1.54 bits per heavy atom. The van der Waals surface area contributed by atoms with Crippen LogP contribution in [0.2, 0.25) is 0 Å². The molecule has 1 aliphatic rings. The van der Waals surface area contributed by atoms with E-state index in [4.69, 9.17) is 4.74 Å². The van der Waals surface area contributed by atoms with Crippen LogP contribution in [0.4, 0.5) is 4.79 Å². The third-order valence-electron chi connectivity index (χ3n) is 6.20. The van der Waals surface area contributed by atoms with E-state index in [1.54, 1.807) is 0 Å². The number of carboxylic acids is 1. The van der Waals surface area contributed by atoms with Crippen LogP contribution in [-0.4, -0.2) is 42.8 Å². The number of hydrogen-bond acceptors (Lipinski definition) is 4. The predicted molar refractivity (Wildman–Crippen MR) is 135 cm³/mol. The van der Waals surface area contributed by atoms with E-state index in [2.05, 4.69) is 34.9 Å². The molecule has 7 nitrogen and oxygen atoms in total. The summed E-state index contributed by atoms with van der Waals surface area (Å²) >= 11 is 0. The average molecular weight is 481 g/mol. The van der Waals surface area contributed by atoms with Crippen LogP contribution in [0, 0.1) is 11.3 Å². The Bertz CT molecular complexity index is 998. The molecule has 2 aromatic carbocycles. The number of unbranched alkanes of at least 4 members (excludes halogenated alkanes) is 1. The first-order chi connectivity index (χ1) is 16.7. The molecule has 7 heteroatoms. The zero-order valence-corrected chi connectivity index (χ0v) is 20.8. The van der Waals surface area contributed by atoms with E-state index < -0.39 is 18.0 Å². The van der Waals surface area contributed by atoms with Crippen molar-refractivity contribution in [3.63, 3.8) is 0 Å². The minimum absolute atomic E-state index is 0.0183. The first-order valence-electron chi connectivity index (χ1n) is 12.2. The SMILES string of the molecule is CC(C)(C)CC(CNC(=O)CCCCNC(=O)OCC1c2ccccc2-c2ccccc21)C(=O)O. The number of ether oxygens (including phenoxy) is 1. The van der Waals surface area contributed by atoms with Crippen LogP contribution in [0.5, 0.6) is 0 Å². The second kappa shape index (κ2) is 11.9. The van der Waals surface area contributed by atoms with Crippen molar-refractivity contribution in [3.8, 4) is 11.1 Å². The number of amides is 2. The summed E-state index contributed by atoms with van der Waals surface area (Å²) in [5, 5.41) is 14.8. The number of alkyl carbamates (subject to hydrolysis) is 1. The lowest BCUT2D eigenvalue weighted by Crippen LogP contribution is -2.35. The van der Waals surface area contributed by atoms with Crippen molar-refractivity contribution in [3.05, 3.63) is 59.7 Å². The third kappa shape index (κ3) is 7.57. The zero-order chi connectivity index (χ0) is 25.4. The lowest BCUT2D eigenvalue weighted by Gasteiger charge is -2.23. The average Bonchev–Trinajstić information content (AvgIpc) is 3.13. The van der Waals surface area contributed by atoms with E-state index in [-0.39, 0.29) is 36.8 Å². The monoisotopic (exact) mass is 480 g/mol. The molecule has 0 heterocycles. The molecular weight excluding hydrogens is 444 g/mol. The first-order valence-corrected chi connectivity index (χ1v) is 12.2. The highest BCUT2D eigenvalue weighted by molar-refractivity contribution is 5.79. The molecule has 2 amide bonds. The van der Waals surface area contributed by atoms with Gasteiger partial charge in [0, 0.05) is 25.4 Å². The van der Waals surface area contributed by atoms with Gasteiger partial charge in [0.1, 0.15) is 6.61 Å². The number of benzene rings is 2. The summed E-state index contributed by atoms with van der Waals surface area (Å²) in [7, 11) is 0. The molecule has 188 valence electrons.